The molecule has 2 amide bonds. The predicted octanol–water partition coefficient (Wildman–Crippen LogP) is 4.46. The molecule has 2 saturated carbocycles. The monoisotopic (exact) mass is 476 g/mol. The minimum atomic E-state index is -0.824. The summed E-state index contributed by atoms with van der Waals surface area (Å²) in [6, 6.07) is 16.1. The summed E-state index contributed by atoms with van der Waals surface area (Å²) in [4.78, 5) is 36.8. The van der Waals surface area contributed by atoms with Gasteiger partial charge in [-0.2, -0.15) is 0 Å². The molecule has 3 aliphatic rings. The number of hydrogen-bond acceptors (Lipinski definition) is 4. The van der Waals surface area contributed by atoms with Crippen LogP contribution >= 0.6 is 0 Å². The molecule has 0 unspecified atom stereocenters. The number of carbonyl (C=O) groups excluding carboxylic acids is 2. The van der Waals surface area contributed by atoms with Crippen molar-refractivity contribution in [3.63, 3.8) is 0 Å². The quantitative estimate of drug-likeness (QED) is 0.522. The third kappa shape index (κ3) is 4.77. The zero-order chi connectivity index (χ0) is 24.4. The molecule has 0 spiro atoms. The van der Waals surface area contributed by atoms with Gasteiger partial charge in [-0.15, -0.1) is 0 Å². The van der Waals surface area contributed by atoms with Crippen molar-refractivity contribution in [2.45, 2.75) is 56.9 Å². The lowest BCUT2D eigenvalue weighted by Gasteiger charge is -2.41. The molecule has 2 aromatic carbocycles. The molecule has 7 nitrogen and oxygen atoms in total. The molecule has 0 aromatic heterocycles. The van der Waals surface area contributed by atoms with Crippen LogP contribution in [0.5, 0.6) is 0 Å². The lowest BCUT2D eigenvalue weighted by atomic mass is 9.66. The van der Waals surface area contributed by atoms with Crippen LogP contribution in [0.25, 0.3) is 11.1 Å². The Labute approximate surface area is 205 Å². The SMILES string of the molecule is O=C(O)CC1(CNC(=O)[C@@H]2CCC[C@@H]2NC(=O)OCC2c3ccccc3-c3ccccc32)CCC1. The van der Waals surface area contributed by atoms with Gasteiger partial charge in [-0.3, -0.25) is 9.59 Å². The van der Waals surface area contributed by atoms with Crippen molar-refractivity contribution in [2.24, 2.45) is 11.3 Å². The number of aliphatic carboxylic acids is 1. The maximum absolute atomic E-state index is 12.9. The molecule has 0 bridgehead atoms. The van der Waals surface area contributed by atoms with Crippen molar-refractivity contribution >= 4 is 18.0 Å². The van der Waals surface area contributed by atoms with Crippen LogP contribution in [0.15, 0.2) is 48.5 Å². The maximum Gasteiger partial charge on any atom is 0.407 e. The molecular weight excluding hydrogens is 444 g/mol. The molecule has 7 heteroatoms. The fourth-order valence-corrected chi connectivity index (χ4v) is 6.06. The van der Waals surface area contributed by atoms with E-state index in [4.69, 9.17) is 4.74 Å². The van der Waals surface area contributed by atoms with Crippen LogP contribution in [-0.4, -0.2) is 42.3 Å². The van der Waals surface area contributed by atoms with Crippen LogP contribution in [0.3, 0.4) is 0 Å². The van der Waals surface area contributed by atoms with E-state index in [0.29, 0.717) is 13.0 Å². The second-order valence-electron chi connectivity index (χ2n) is 10.3. The van der Waals surface area contributed by atoms with E-state index in [1.165, 1.54) is 11.1 Å². The molecule has 184 valence electrons. The van der Waals surface area contributed by atoms with Gasteiger partial charge in [-0.05, 0) is 53.4 Å². The number of nitrogens with one attached hydrogen (secondary N) is 2. The molecule has 2 fully saturated rings. The summed E-state index contributed by atoms with van der Waals surface area (Å²) in [5.41, 5.74) is 4.35. The smallest absolute Gasteiger partial charge is 0.407 e. The van der Waals surface area contributed by atoms with Gasteiger partial charge < -0.3 is 20.5 Å². The van der Waals surface area contributed by atoms with Gasteiger partial charge in [-0.25, -0.2) is 4.79 Å². The summed E-state index contributed by atoms with van der Waals surface area (Å²) in [6.45, 7) is 0.619. The average Bonchev–Trinajstić information content (AvgIpc) is 3.41. The summed E-state index contributed by atoms with van der Waals surface area (Å²) < 4.78 is 5.67. The van der Waals surface area contributed by atoms with Gasteiger partial charge >= 0.3 is 12.1 Å². The Morgan fingerprint density at radius 1 is 0.943 bits per heavy atom. The minimum absolute atomic E-state index is 0.0104. The van der Waals surface area contributed by atoms with Gasteiger partial charge in [0.2, 0.25) is 5.91 Å². The highest BCUT2D eigenvalue weighted by Gasteiger charge is 2.41. The highest BCUT2D eigenvalue weighted by Crippen LogP contribution is 2.45. The van der Waals surface area contributed by atoms with E-state index in [0.717, 1.165) is 43.2 Å². The average molecular weight is 477 g/mol. The Hall–Kier alpha value is -3.35. The third-order valence-electron chi connectivity index (χ3n) is 8.08. The molecule has 5 rings (SSSR count). The number of alkyl carbamates (subject to hydrolysis) is 1. The van der Waals surface area contributed by atoms with Crippen LogP contribution in [-0.2, 0) is 14.3 Å². The lowest BCUT2D eigenvalue weighted by Crippen LogP contribution is -2.48. The summed E-state index contributed by atoms with van der Waals surface area (Å²) in [5, 5.41) is 15.1. The Morgan fingerprint density at radius 3 is 2.20 bits per heavy atom. The Kier molecular flexibility index (Phi) is 6.50. The zero-order valence-corrected chi connectivity index (χ0v) is 19.8. The largest absolute Gasteiger partial charge is 0.481 e. The molecule has 3 aliphatic carbocycles. The number of benzene rings is 2. The van der Waals surface area contributed by atoms with E-state index in [-0.39, 0.29) is 42.2 Å². The van der Waals surface area contributed by atoms with Gasteiger partial charge in [0.15, 0.2) is 0 Å². The number of ether oxygens (including phenoxy) is 1. The van der Waals surface area contributed by atoms with E-state index in [9.17, 15) is 19.5 Å². The maximum atomic E-state index is 12.9. The number of rotatable bonds is 8. The van der Waals surface area contributed by atoms with Gasteiger partial charge in [0.1, 0.15) is 6.61 Å². The van der Waals surface area contributed by atoms with Crippen molar-refractivity contribution in [3.05, 3.63) is 59.7 Å². The van der Waals surface area contributed by atoms with E-state index in [1.54, 1.807) is 0 Å². The molecule has 0 heterocycles. The topological polar surface area (TPSA) is 105 Å². The summed E-state index contributed by atoms with van der Waals surface area (Å²) in [5.74, 6) is -1.26. The lowest BCUT2D eigenvalue weighted by molar-refractivity contribution is -0.142. The van der Waals surface area contributed by atoms with Gasteiger partial charge in [0.25, 0.3) is 0 Å². The van der Waals surface area contributed by atoms with Gasteiger partial charge in [-0.1, -0.05) is 61.4 Å². The fraction of sp³-hybridized carbons (Fsp3) is 0.464. The summed E-state index contributed by atoms with van der Waals surface area (Å²) in [6.07, 6.45) is 4.51. The standard InChI is InChI=1S/C28H32N2O5/c31-25(32)15-28(13-6-14-28)17-29-26(33)22-11-5-12-24(22)30-27(34)35-16-23-20-9-3-1-7-18(20)19-8-2-4-10-21(19)23/h1-4,7-10,22-24H,5-6,11-17H2,(H,29,33)(H,30,34)(H,31,32)/t22-,24+/m1/s1. The molecular formula is C28H32N2O5. The Bertz CT molecular complexity index is 1080. The molecule has 0 saturated heterocycles. The molecule has 2 atom stereocenters. The molecule has 35 heavy (non-hydrogen) atoms. The highest BCUT2D eigenvalue weighted by atomic mass is 16.5. The van der Waals surface area contributed by atoms with E-state index >= 15 is 0 Å². The fourth-order valence-electron chi connectivity index (χ4n) is 6.06. The molecule has 0 aliphatic heterocycles. The summed E-state index contributed by atoms with van der Waals surface area (Å²) >= 11 is 0. The Balaban J connectivity index is 1.16. The summed E-state index contributed by atoms with van der Waals surface area (Å²) in [7, 11) is 0. The zero-order valence-electron chi connectivity index (χ0n) is 19.8. The van der Waals surface area contributed by atoms with E-state index < -0.39 is 12.1 Å². The first kappa shape index (κ1) is 23.4. The number of carboxylic acid groups (broad SMARTS) is 1. The normalized spacial score (nSPS) is 21.9. The number of carbonyl (C=O) groups is 3. The second-order valence-corrected chi connectivity index (χ2v) is 10.3. The predicted molar refractivity (Wildman–Crippen MR) is 131 cm³/mol. The second kappa shape index (κ2) is 9.72. The highest BCUT2D eigenvalue weighted by molar-refractivity contribution is 5.81. The van der Waals surface area contributed by atoms with Gasteiger partial charge in [0.05, 0.1) is 12.3 Å². The number of amides is 2. The number of fused-ring (bicyclic) bond motifs is 3. The van der Waals surface area contributed by atoms with Crippen molar-refractivity contribution in [1.82, 2.24) is 10.6 Å². The van der Waals surface area contributed by atoms with Crippen LogP contribution in [0.1, 0.15) is 62.0 Å². The number of hydrogen-bond donors (Lipinski definition) is 3. The number of carboxylic acids is 1. The van der Waals surface area contributed by atoms with Crippen molar-refractivity contribution in [3.8, 4) is 11.1 Å². The first-order valence-corrected chi connectivity index (χ1v) is 12.6. The first-order valence-electron chi connectivity index (χ1n) is 12.6. The molecule has 3 N–H and O–H groups in total. The van der Waals surface area contributed by atoms with Gasteiger partial charge in [0, 0.05) is 18.5 Å². The molecule has 2 aromatic rings. The van der Waals surface area contributed by atoms with Crippen molar-refractivity contribution in [2.75, 3.05) is 13.2 Å². The Morgan fingerprint density at radius 2 is 1.60 bits per heavy atom. The van der Waals surface area contributed by atoms with Crippen LogP contribution < -0.4 is 10.6 Å². The van der Waals surface area contributed by atoms with Crippen LogP contribution in [0.4, 0.5) is 4.79 Å². The first-order chi connectivity index (χ1) is 17.0. The third-order valence-corrected chi connectivity index (χ3v) is 8.08. The van der Waals surface area contributed by atoms with Crippen molar-refractivity contribution < 1.29 is 24.2 Å². The van der Waals surface area contributed by atoms with Crippen LogP contribution in [0.2, 0.25) is 0 Å². The molecule has 0 radical (unpaired) electrons. The van der Waals surface area contributed by atoms with Crippen LogP contribution in [0, 0.1) is 11.3 Å². The van der Waals surface area contributed by atoms with Crippen molar-refractivity contribution in [1.29, 1.82) is 0 Å². The van der Waals surface area contributed by atoms with E-state index in [1.807, 2.05) is 24.3 Å². The minimum Gasteiger partial charge on any atom is -0.481 e. The van der Waals surface area contributed by atoms with E-state index in [2.05, 4.69) is 34.9 Å².